The molecule has 3 atom stereocenters. The van der Waals surface area contributed by atoms with Crippen LogP contribution in [0.3, 0.4) is 0 Å². The van der Waals surface area contributed by atoms with Crippen LogP contribution in [0.15, 0.2) is 0 Å². The Morgan fingerprint density at radius 3 is 2.47 bits per heavy atom. The van der Waals surface area contributed by atoms with Crippen molar-refractivity contribution in [2.75, 3.05) is 6.61 Å². The normalized spacial score (nSPS) is 33.0. The number of ether oxygens (including phenoxy) is 1. The van der Waals surface area contributed by atoms with Crippen LogP contribution in [-0.4, -0.2) is 23.9 Å². The van der Waals surface area contributed by atoms with Gasteiger partial charge in [-0.05, 0) is 37.5 Å². The first-order chi connectivity index (χ1) is 7.01. The second-order valence-electron chi connectivity index (χ2n) is 5.41. The lowest BCUT2D eigenvalue weighted by Gasteiger charge is -2.41. The van der Waals surface area contributed by atoms with Gasteiger partial charge in [0, 0.05) is 6.61 Å². The van der Waals surface area contributed by atoms with E-state index in [4.69, 9.17) is 4.74 Å². The molecule has 0 heterocycles. The predicted octanol–water partition coefficient (Wildman–Crippen LogP) is 2.99. The summed E-state index contributed by atoms with van der Waals surface area (Å²) < 4.78 is 5.61. The molecule has 1 aliphatic rings. The smallest absolute Gasteiger partial charge is 0.0836 e. The van der Waals surface area contributed by atoms with Crippen molar-refractivity contribution in [3.05, 3.63) is 0 Å². The molecule has 15 heavy (non-hydrogen) atoms. The van der Waals surface area contributed by atoms with E-state index in [2.05, 4.69) is 20.8 Å². The van der Waals surface area contributed by atoms with E-state index in [1.54, 1.807) is 0 Å². The van der Waals surface area contributed by atoms with Crippen molar-refractivity contribution < 1.29 is 9.84 Å². The SMILES string of the molecule is CCOC1CC(C(C)(C)CC)CCC1O. The van der Waals surface area contributed by atoms with Crippen LogP contribution >= 0.6 is 0 Å². The molecule has 1 N–H and O–H groups in total. The number of aliphatic hydroxyl groups excluding tert-OH is 1. The summed E-state index contributed by atoms with van der Waals surface area (Å²) >= 11 is 0. The van der Waals surface area contributed by atoms with E-state index in [0.717, 1.165) is 19.3 Å². The van der Waals surface area contributed by atoms with Gasteiger partial charge in [-0.15, -0.1) is 0 Å². The van der Waals surface area contributed by atoms with E-state index in [-0.39, 0.29) is 12.2 Å². The van der Waals surface area contributed by atoms with Crippen molar-refractivity contribution in [2.24, 2.45) is 11.3 Å². The monoisotopic (exact) mass is 214 g/mol. The summed E-state index contributed by atoms with van der Waals surface area (Å²) in [4.78, 5) is 0. The fourth-order valence-corrected chi connectivity index (χ4v) is 2.50. The summed E-state index contributed by atoms with van der Waals surface area (Å²) in [6, 6.07) is 0. The van der Waals surface area contributed by atoms with Crippen LogP contribution < -0.4 is 0 Å². The zero-order chi connectivity index (χ0) is 11.5. The Balaban J connectivity index is 2.57. The van der Waals surface area contributed by atoms with E-state index in [1.807, 2.05) is 6.92 Å². The van der Waals surface area contributed by atoms with Gasteiger partial charge in [0.05, 0.1) is 12.2 Å². The van der Waals surface area contributed by atoms with E-state index in [1.165, 1.54) is 6.42 Å². The minimum atomic E-state index is -0.242. The van der Waals surface area contributed by atoms with Crippen LogP contribution in [-0.2, 0) is 4.74 Å². The maximum absolute atomic E-state index is 9.83. The van der Waals surface area contributed by atoms with Crippen LogP contribution in [0.25, 0.3) is 0 Å². The summed E-state index contributed by atoms with van der Waals surface area (Å²) in [5, 5.41) is 9.83. The minimum Gasteiger partial charge on any atom is -0.390 e. The van der Waals surface area contributed by atoms with E-state index >= 15 is 0 Å². The molecule has 0 saturated heterocycles. The van der Waals surface area contributed by atoms with E-state index in [9.17, 15) is 5.11 Å². The molecule has 3 unspecified atom stereocenters. The third kappa shape index (κ3) is 3.18. The van der Waals surface area contributed by atoms with Gasteiger partial charge in [-0.2, -0.15) is 0 Å². The van der Waals surface area contributed by atoms with Gasteiger partial charge >= 0.3 is 0 Å². The highest BCUT2D eigenvalue weighted by molar-refractivity contribution is 4.87. The molecule has 1 saturated carbocycles. The molecule has 1 rings (SSSR count). The highest BCUT2D eigenvalue weighted by atomic mass is 16.5. The number of hydrogen-bond donors (Lipinski definition) is 1. The zero-order valence-corrected chi connectivity index (χ0v) is 10.6. The van der Waals surface area contributed by atoms with Gasteiger partial charge in [0.1, 0.15) is 0 Å². The van der Waals surface area contributed by atoms with Crippen molar-refractivity contribution in [1.82, 2.24) is 0 Å². The van der Waals surface area contributed by atoms with Crippen molar-refractivity contribution in [1.29, 1.82) is 0 Å². The standard InChI is InChI=1S/C13H26O2/c1-5-13(3,4)10-7-8-11(14)12(9-10)15-6-2/h10-12,14H,5-9H2,1-4H3. The molecular weight excluding hydrogens is 188 g/mol. The van der Waals surface area contributed by atoms with Gasteiger partial charge in [-0.25, -0.2) is 0 Å². The molecule has 0 amide bonds. The van der Waals surface area contributed by atoms with Gasteiger partial charge in [0.25, 0.3) is 0 Å². The van der Waals surface area contributed by atoms with Crippen molar-refractivity contribution >= 4 is 0 Å². The second kappa shape index (κ2) is 5.31. The molecule has 2 nitrogen and oxygen atoms in total. The molecule has 1 aliphatic carbocycles. The van der Waals surface area contributed by atoms with Crippen LogP contribution in [0, 0.1) is 11.3 Å². The summed E-state index contributed by atoms with van der Waals surface area (Å²) in [6.07, 6.45) is 4.10. The van der Waals surface area contributed by atoms with Crippen LogP contribution in [0.2, 0.25) is 0 Å². The largest absolute Gasteiger partial charge is 0.390 e. The maximum Gasteiger partial charge on any atom is 0.0836 e. The lowest BCUT2D eigenvalue weighted by atomic mass is 9.68. The Kier molecular flexibility index (Phi) is 4.60. The highest BCUT2D eigenvalue weighted by Crippen LogP contribution is 2.41. The number of aliphatic hydroxyl groups is 1. The van der Waals surface area contributed by atoms with Crippen molar-refractivity contribution in [3.8, 4) is 0 Å². The van der Waals surface area contributed by atoms with Crippen molar-refractivity contribution in [2.45, 2.75) is 65.6 Å². The lowest BCUT2D eigenvalue weighted by Crippen LogP contribution is -2.40. The Morgan fingerprint density at radius 1 is 1.27 bits per heavy atom. The molecule has 0 radical (unpaired) electrons. The Hall–Kier alpha value is -0.0800. The first kappa shape index (κ1) is 13.0. The molecule has 2 heteroatoms. The Labute approximate surface area is 94.0 Å². The topological polar surface area (TPSA) is 29.5 Å². The minimum absolute atomic E-state index is 0.0691. The molecule has 0 bridgehead atoms. The van der Waals surface area contributed by atoms with Gasteiger partial charge < -0.3 is 9.84 Å². The Bertz CT molecular complexity index is 189. The van der Waals surface area contributed by atoms with Gasteiger partial charge in [-0.3, -0.25) is 0 Å². The van der Waals surface area contributed by atoms with E-state index in [0.29, 0.717) is 17.9 Å². The summed E-state index contributed by atoms with van der Waals surface area (Å²) in [7, 11) is 0. The van der Waals surface area contributed by atoms with Crippen LogP contribution in [0.4, 0.5) is 0 Å². The van der Waals surface area contributed by atoms with Gasteiger partial charge in [0.2, 0.25) is 0 Å². The molecule has 0 aromatic rings. The zero-order valence-electron chi connectivity index (χ0n) is 10.6. The van der Waals surface area contributed by atoms with Crippen LogP contribution in [0.1, 0.15) is 53.4 Å². The molecule has 0 aliphatic heterocycles. The summed E-state index contributed by atoms with van der Waals surface area (Å²) in [6.45, 7) is 9.62. The van der Waals surface area contributed by atoms with E-state index < -0.39 is 0 Å². The molecular formula is C13H26O2. The fraction of sp³-hybridized carbons (Fsp3) is 1.00. The predicted molar refractivity (Wildman–Crippen MR) is 62.8 cm³/mol. The molecule has 0 aromatic heterocycles. The lowest BCUT2D eigenvalue weighted by molar-refractivity contribution is -0.0823. The summed E-state index contributed by atoms with van der Waals surface area (Å²) in [5.41, 5.74) is 0.384. The third-order valence-corrected chi connectivity index (χ3v) is 4.15. The quantitative estimate of drug-likeness (QED) is 0.779. The van der Waals surface area contributed by atoms with Gasteiger partial charge in [-0.1, -0.05) is 27.2 Å². The molecule has 0 spiro atoms. The first-order valence-corrected chi connectivity index (χ1v) is 6.31. The number of hydrogen-bond acceptors (Lipinski definition) is 2. The average molecular weight is 214 g/mol. The van der Waals surface area contributed by atoms with Crippen LogP contribution in [0.5, 0.6) is 0 Å². The number of rotatable bonds is 4. The van der Waals surface area contributed by atoms with Gasteiger partial charge in [0.15, 0.2) is 0 Å². The second-order valence-corrected chi connectivity index (χ2v) is 5.41. The maximum atomic E-state index is 9.83. The summed E-state index contributed by atoms with van der Waals surface area (Å²) in [5.74, 6) is 0.697. The molecule has 90 valence electrons. The third-order valence-electron chi connectivity index (χ3n) is 4.15. The fourth-order valence-electron chi connectivity index (χ4n) is 2.50. The molecule has 0 aromatic carbocycles. The van der Waals surface area contributed by atoms with Crippen molar-refractivity contribution in [3.63, 3.8) is 0 Å². The first-order valence-electron chi connectivity index (χ1n) is 6.31. The molecule has 1 fully saturated rings. The highest BCUT2D eigenvalue weighted by Gasteiger charge is 2.36. The average Bonchev–Trinajstić information content (AvgIpc) is 2.21. The Morgan fingerprint density at radius 2 is 1.93 bits per heavy atom.